The van der Waals surface area contributed by atoms with Crippen LogP contribution in [-0.4, -0.2) is 56.8 Å². The van der Waals surface area contributed by atoms with Crippen LogP contribution in [0.25, 0.3) is 27.8 Å². The average Bonchev–Trinajstić information content (AvgIpc) is 3.59. The number of aromatic nitrogens is 5. The molecule has 6 rings (SSSR count). The van der Waals surface area contributed by atoms with Crippen LogP contribution in [0, 0.1) is 5.92 Å². The van der Waals surface area contributed by atoms with Gasteiger partial charge in [-0.15, -0.1) is 5.10 Å². The van der Waals surface area contributed by atoms with Crippen LogP contribution in [0.1, 0.15) is 12.8 Å². The molecule has 2 fully saturated rings. The molecule has 10 heteroatoms. The SMILES string of the molecule is O=C(Nc1cc2c(-c3nc4ccc(N5CCOCC5)cn4n3)c[nH]c(=O)c2cn1)C1CC1. The summed E-state index contributed by atoms with van der Waals surface area (Å²) in [4.78, 5) is 38.4. The van der Waals surface area contributed by atoms with E-state index in [4.69, 9.17) is 4.74 Å². The van der Waals surface area contributed by atoms with Crippen LogP contribution >= 0.6 is 0 Å². The van der Waals surface area contributed by atoms with E-state index >= 15 is 0 Å². The Labute approximate surface area is 182 Å². The van der Waals surface area contributed by atoms with E-state index < -0.39 is 0 Å². The normalized spacial score (nSPS) is 16.6. The number of aromatic amines is 1. The highest BCUT2D eigenvalue weighted by Gasteiger charge is 2.30. The fraction of sp³-hybridized carbons (Fsp3) is 0.318. The van der Waals surface area contributed by atoms with Crippen molar-refractivity contribution in [2.45, 2.75) is 12.8 Å². The fourth-order valence-corrected chi connectivity index (χ4v) is 3.97. The standard InChI is InChI=1S/C22H21N7O3/c30-21(13-1-2-13)25-18-9-15-16(10-24-22(31)17(15)11-23-18)20-26-19-4-3-14(12-29(19)27-20)28-5-7-32-8-6-28/h3-4,9-13H,1-2,5-8H2,(H,24,31)(H,23,25,30). The molecule has 1 amide bonds. The highest BCUT2D eigenvalue weighted by Crippen LogP contribution is 2.31. The van der Waals surface area contributed by atoms with Crippen molar-refractivity contribution in [1.29, 1.82) is 0 Å². The number of carbonyl (C=O) groups is 1. The molecule has 32 heavy (non-hydrogen) atoms. The van der Waals surface area contributed by atoms with Gasteiger partial charge in [-0.3, -0.25) is 9.59 Å². The first kappa shape index (κ1) is 18.9. The Hall–Kier alpha value is -3.79. The number of nitrogens with one attached hydrogen (secondary N) is 2. The van der Waals surface area contributed by atoms with Gasteiger partial charge in [-0.25, -0.2) is 14.5 Å². The van der Waals surface area contributed by atoms with Crippen LogP contribution < -0.4 is 15.8 Å². The highest BCUT2D eigenvalue weighted by atomic mass is 16.5. The summed E-state index contributed by atoms with van der Waals surface area (Å²) in [6.45, 7) is 3.08. The lowest BCUT2D eigenvalue weighted by Crippen LogP contribution is -2.36. The van der Waals surface area contributed by atoms with Gasteiger partial charge in [0, 0.05) is 42.4 Å². The molecule has 0 radical (unpaired) electrons. The van der Waals surface area contributed by atoms with Gasteiger partial charge in [-0.2, -0.15) is 0 Å². The topological polar surface area (TPSA) is 118 Å². The second-order valence-electron chi connectivity index (χ2n) is 8.14. The van der Waals surface area contributed by atoms with E-state index in [2.05, 4.69) is 30.3 Å². The van der Waals surface area contributed by atoms with Gasteiger partial charge >= 0.3 is 0 Å². The second kappa shape index (κ2) is 7.41. The molecule has 0 aromatic carbocycles. The number of pyridine rings is 3. The number of nitrogens with zero attached hydrogens (tertiary/aromatic N) is 5. The maximum atomic E-state index is 12.4. The summed E-state index contributed by atoms with van der Waals surface area (Å²) in [7, 11) is 0. The van der Waals surface area contributed by atoms with Crippen molar-refractivity contribution in [3.63, 3.8) is 0 Å². The molecule has 10 nitrogen and oxygen atoms in total. The Bertz CT molecular complexity index is 1400. The second-order valence-corrected chi connectivity index (χ2v) is 8.14. The summed E-state index contributed by atoms with van der Waals surface area (Å²) >= 11 is 0. The van der Waals surface area contributed by atoms with Crippen LogP contribution in [0.4, 0.5) is 11.5 Å². The largest absolute Gasteiger partial charge is 0.378 e. The number of hydrogen-bond acceptors (Lipinski definition) is 7. The third-order valence-corrected chi connectivity index (χ3v) is 5.92. The molecule has 1 saturated heterocycles. The van der Waals surface area contributed by atoms with Crippen LogP contribution in [0.5, 0.6) is 0 Å². The lowest BCUT2D eigenvalue weighted by Gasteiger charge is -2.28. The van der Waals surface area contributed by atoms with E-state index in [-0.39, 0.29) is 17.4 Å². The molecule has 4 aromatic rings. The molecule has 0 atom stereocenters. The van der Waals surface area contributed by atoms with Gasteiger partial charge in [0.25, 0.3) is 5.56 Å². The van der Waals surface area contributed by atoms with Crippen LogP contribution in [-0.2, 0) is 9.53 Å². The minimum Gasteiger partial charge on any atom is -0.378 e. The van der Waals surface area contributed by atoms with Gasteiger partial charge in [-0.05, 0) is 31.0 Å². The third kappa shape index (κ3) is 3.38. The van der Waals surface area contributed by atoms with Crippen LogP contribution in [0.15, 0.2) is 41.6 Å². The first-order valence-corrected chi connectivity index (χ1v) is 10.7. The van der Waals surface area contributed by atoms with E-state index in [1.807, 2.05) is 18.3 Å². The number of carbonyl (C=O) groups excluding carboxylic acids is 1. The molecule has 162 valence electrons. The monoisotopic (exact) mass is 431 g/mol. The molecule has 0 unspecified atom stereocenters. The summed E-state index contributed by atoms with van der Waals surface area (Å²) in [5.41, 5.74) is 2.17. The maximum absolute atomic E-state index is 12.4. The molecule has 2 aliphatic rings. The van der Waals surface area contributed by atoms with Gasteiger partial charge in [-0.1, -0.05) is 0 Å². The Kier molecular flexibility index (Phi) is 4.39. The van der Waals surface area contributed by atoms with Gasteiger partial charge in [0.05, 0.1) is 30.5 Å². The molecule has 2 N–H and O–H groups in total. The maximum Gasteiger partial charge on any atom is 0.257 e. The number of hydrogen-bond donors (Lipinski definition) is 2. The first-order chi connectivity index (χ1) is 15.7. The zero-order valence-corrected chi connectivity index (χ0v) is 17.2. The number of morpholine rings is 1. The first-order valence-electron chi connectivity index (χ1n) is 10.7. The van der Waals surface area contributed by atoms with E-state index in [1.165, 1.54) is 6.20 Å². The summed E-state index contributed by atoms with van der Waals surface area (Å²) in [6.07, 6.45) is 6.85. The summed E-state index contributed by atoms with van der Waals surface area (Å²) in [5.74, 6) is 0.923. The third-order valence-electron chi connectivity index (χ3n) is 5.92. The Balaban J connectivity index is 1.41. The molecule has 1 saturated carbocycles. The van der Waals surface area contributed by atoms with Crippen molar-refractivity contribution >= 4 is 33.8 Å². The van der Waals surface area contributed by atoms with Crippen LogP contribution in [0.3, 0.4) is 0 Å². The molecule has 0 spiro atoms. The zero-order valence-electron chi connectivity index (χ0n) is 17.2. The fourth-order valence-electron chi connectivity index (χ4n) is 3.97. The van der Waals surface area contributed by atoms with Crippen molar-refractivity contribution in [2.24, 2.45) is 5.92 Å². The number of H-pyrrole nitrogens is 1. The van der Waals surface area contributed by atoms with Crippen LogP contribution in [0.2, 0.25) is 0 Å². The minimum atomic E-state index is -0.255. The van der Waals surface area contributed by atoms with Crippen molar-refractivity contribution in [3.05, 3.63) is 47.1 Å². The molecule has 1 aliphatic heterocycles. The Morgan fingerprint density at radius 2 is 2.03 bits per heavy atom. The molecule has 5 heterocycles. The van der Waals surface area contributed by atoms with E-state index in [9.17, 15) is 9.59 Å². The van der Waals surface area contributed by atoms with Gasteiger partial charge in [0.1, 0.15) is 5.82 Å². The highest BCUT2D eigenvalue weighted by molar-refractivity contribution is 5.98. The number of rotatable bonds is 4. The minimum absolute atomic E-state index is 0.0373. The predicted octanol–water partition coefficient (Wildman–Crippen LogP) is 1.82. The molecular weight excluding hydrogens is 410 g/mol. The number of fused-ring (bicyclic) bond motifs is 2. The quantitative estimate of drug-likeness (QED) is 0.506. The number of ether oxygens (including phenoxy) is 1. The Morgan fingerprint density at radius 3 is 2.84 bits per heavy atom. The number of anilines is 2. The van der Waals surface area contributed by atoms with Crippen molar-refractivity contribution in [2.75, 3.05) is 36.5 Å². The number of amides is 1. The Morgan fingerprint density at radius 1 is 1.19 bits per heavy atom. The van der Waals surface area contributed by atoms with E-state index in [0.717, 1.165) is 31.6 Å². The summed E-state index contributed by atoms with van der Waals surface area (Å²) < 4.78 is 7.18. The summed E-state index contributed by atoms with van der Waals surface area (Å²) in [6, 6.07) is 5.67. The van der Waals surface area contributed by atoms with Crippen molar-refractivity contribution in [3.8, 4) is 11.4 Å². The van der Waals surface area contributed by atoms with Gasteiger partial charge in [0.2, 0.25) is 5.91 Å². The zero-order chi connectivity index (χ0) is 21.7. The van der Waals surface area contributed by atoms with Gasteiger partial charge < -0.3 is 19.9 Å². The molecule has 1 aliphatic carbocycles. The van der Waals surface area contributed by atoms with E-state index in [0.29, 0.717) is 46.8 Å². The predicted molar refractivity (Wildman–Crippen MR) is 119 cm³/mol. The smallest absolute Gasteiger partial charge is 0.257 e. The lowest BCUT2D eigenvalue weighted by molar-refractivity contribution is -0.117. The van der Waals surface area contributed by atoms with Crippen molar-refractivity contribution < 1.29 is 9.53 Å². The van der Waals surface area contributed by atoms with Crippen molar-refractivity contribution in [1.82, 2.24) is 24.6 Å². The van der Waals surface area contributed by atoms with E-state index in [1.54, 1.807) is 16.8 Å². The summed E-state index contributed by atoms with van der Waals surface area (Å²) in [5, 5.41) is 8.56. The lowest BCUT2D eigenvalue weighted by atomic mass is 10.1. The average molecular weight is 431 g/mol. The van der Waals surface area contributed by atoms with Gasteiger partial charge in [0.15, 0.2) is 11.5 Å². The molecule has 0 bridgehead atoms. The molecular formula is C22H21N7O3. The molecule has 4 aromatic heterocycles.